The Morgan fingerprint density at radius 2 is 1.87 bits per heavy atom. The summed E-state index contributed by atoms with van der Waals surface area (Å²) >= 11 is 6.63. The number of amides is 1. The van der Waals surface area contributed by atoms with Crippen LogP contribution in [0.2, 0.25) is 5.28 Å². The van der Waals surface area contributed by atoms with E-state index < -0.39 is 0 Å². The fourth-order valence-electron chi connectivity index (χ4n) is 7.44. The fraction of sp³-hybridized carbons (Fsp3) is 0.333. The van der Waals surface area contributed by atoms with Gasteiger partial charge in [-0.1, -0.05) is 55.5 Å². The van der Waals surface area contributed by atoms with Crippen molar-refractivity contribution >= 4 is 45.2 Å². The molecule has 3 atom stereocenters. The molecule has 2 bridgehead atoms. The Hall–Kier alpha value is -4.67. The van der Waals surface area contributed by atoms with Crippen LogP contribution in [-0.2, 0) is 22.5 Å². The average molecular weight is 652 g/mol. The van der Waals surface area contributed by atoms with E-state index in [1.807, 2.05) is 53.4 Å². The van der Waals surface area contributed by atoms with Crippen LogP contribution in [0.25, 0.3) is 32.9 Å². The number of methoxy groups -OCH3 is 1. The van der Waals surface area contributed by atoms with E-state index in [2.05, 4.69) is 35.0 Å². The van der Waals surface area contributed by atoms with E-state index >= 15 is 0 Å². The predicted octanol–water partition coefficient (Wildman–Crippen LogP) is 6.79. The molecule has 47 heavy (non-hydrogen) atoms. The number of ether oxygens (including phenoxy) is 4. The summed E-state index contributed by atoms with van der Waals surface area (Å²) in [6.45, 7) is 3.39. The summed E-state index contributed by atoms with van der Waals surface area (Å²) in [6.07, 6.45) is 2.26. The van der Waals surface area contributed by atoms with E-state index in [0.717, 1.165) is 41.2 Å². The lowest BCUT2D eigenvalue weighted by molar-refractivity contribution is 0.0512. The molecular weight excluding hydrogens is 618 g/mol. The van der Waals surface area contributed by atoms with Gasteiger partial charge in [-0.25, -0.2) is 14.8 Å². The van der Waals surface area contributed by atoms with Crippen molar-refractivity contribution in [3.63, 3.8) is 0 Å². The van der Waals surface area contributed by atoms with Crippen molar-refractivity contribution in [2.24, 2.45) is 0 Å². The largest absolute Gasteiger partial charge is 0.475 e. The molecule has 0 spiro atoms. The third-order valence-electron chi connectivity index (χ3n) is 9.51. The minimum absolute atomic E-state index is 0.0224. The van der Waals surface area contributed by atoms with Gasteiger partial charge < -0.3 is 23.8 Å². The van der Waals surface area contributed by atoms with Gasteiger partial charge in [0.2, 0.25) is 11.2 Å². The van der Waals surface area contributed by atoms with Gasteiger partial charge in [0.15, 0.2) is 6.79 Å². The van der Waals surface area contributed by atoms with Gasteiger partial charge in [-0.3, -0.25) is 4.90 Å². The highest BCUT2D eigenvalue weighted by molar-refractivity contribution is 6.29. The van der Waals surface area contributed by atoms with Gasteiger partial charge >= 0.3 is 6.09 Å². The van der Waals surface area contributed by atoms with Gasteiger partial charge in [0.25, 0.3) is 0 Å². The SMILES string of the molecule is CCc1cccc2cc(OCOC)cc(-c3cc4nc(Cl)nc5c4c(n3)OC[C@@H]3[C@@H]4CC[C@H](CN53)N4C(=O)OCc3ccccc3)c12. The predicted molar refractivity (Wildman–Crippen MR) is 179 cm³/mol. The van der Waals surface area contributed by atoms with E-state index in [1.165, 1.54) is 5.56 Å². The molecule has 11 heteroatoms. The Bertz CT molecular complexity index is 1990. The normalized spacial score (nSPS) is 19.8. The molecule has 0 aliphatic carbocycles. The van der Waals surface area contributed by atoms with Crippen molar-refractivity contribution in [1.29, 1.82) is 0 Å². The second kappa shape index (κ2) is 12.2. The molecular formula is C36H34ClN5O5. The second-order valence-corrected chi connectivity index (χ2v) is 12.5. The summed E-state index contributed by atoms with van der Waals surface area (Å²) in [5.41, 5.74) is 4.38. The van der Waals surface area contributed by atoms with Gasteiger partial charge in [0, 0.05) is 19.2 Å². The monoisotopic (exact) mass is 651 g/mol. The smallest absolute Gasteiger partial charge is 0.410 e. The summed E-state index contributed by atoms with van der Waals surface area (Å²) in [4.78, 5) is 32.1. The molecule has 10 nitrogen and oxygen atoms in total. The summed E-state index contributed by atoms with van der Waals surface area (Å²) in [6, 6.07) is 21.7. The van der Waals surface area contributed by atoms with Crippen molar-refractivity contribution < 1.29 is 23.7 Å². The Kier molecular flexibility index (Phi) is 7.69. The average Bonchev–Trinajstić information content (AvgIpc) is 3.33. The molecule has 3 aromatic carbocycles. The molecule has 3 aliphatic rings. The minimum atomic E-state index is -0.303. The van der Waals surface area contributed by atoms with Crippen LogP contribution in [0, 0.1) is 0 Å². The van der Waals surface area contributed by atoms with Crippen LogP contribution < -0.4 is 14.4 Å². The van der Waals surface area contributed by atoms with Gasteiger partial charge in [0.1, 0.15) is 30.2 Å². The molecule has 5 aromatic rings. The number of aromatic nitrogens is 3. The van der Waals surface area contributed by atoms with Gasteiger partial charge in [-0.2, -0.15) is 4.98 Å². The first-order chi connectivity index (χ1) is 23.0. The van der Waals surface area contributed by atoms with Gasteiger partial charge in [-0.15, -0.1) is 0 Å². The molecule has 2 fully saturated rings. The zero-order valence-corrected chi connectivity index (χ0v) is 26.9. The van der Waals surface area contributed by atoms with Crippen molar-refractivity contribution in [2.75, 3.05) is 32.0 Å². The summed E-state index contributed by atoms with van der Waals surface area (Å²) < 4.78 is 23.4. The molecule has 0 N–H and O–H groups in total. The number of hydrogen-bond acceptors (Lipinski definition) is 9. The molecule has 3 aliphatic heterocycles. The Balaban J connectivity index is 1.18. The summed E-state index contributed by atoms with van der Waals surface area (Å²) in [7, 11) is 1.60. The van der Waals surface area contributed by atoms with Crippen molar-refractivity contribution in [2.45, 2.75) is 50.9 Å². The molecule has 240 valence electrons. The van der Waals surface area contributed by atoms with Crippen LogP contribution in [0.3, 0.4) is 0 Å². The maximum Gasteiger partial charge on any atom is 0.410 e. The number of nitrogens with zero attached hydrogens (tertiary/aromatic N) is 5. The third-order valence-corrected chi connectivity index (χ3v) is 9.68. The quantitative estimate of drug-likeness (QED) is 0.139. The Morgan fingerprint density at radius 3 is 2.70 bits per heavy atom. The van der Waals surface area contributed by atoms with Crippen LogP contribution in [0.15, 0.2) is 66.7 Å². The topological polar surface area (TPSA) is 99.1 Å². The zero-order valence-electron chi connectivity index (χ0n) is 26.2. The highest BCUT2D eigenvalue weighted by Crippen LogP contribution is 2.45. The first-order valence-corrected chi connectivity index (χ1v) is 16.3. The van der Waals surface area contributed by atoms with Crippen LogP contribution in [0.4, 0.5) is 10.6 Å². The maximum absolute atomic E-state index is 13.5. The summed E-state index contributed by atoms with van der Waals surface area (Å²) in [5.74, 6) is 1.80. The highest BCUT2D eigenvalue weighted by atomic mass is 35.5. The molecule has 1 amide bonds. The maximum atomic E-state index is 13.5. The lowest BCUT2D eigenvalue weighted by atomic mass is 9.95. The van der Waals surface area contributed by atoms with E-state index in [0.29, 0.717) is 47.2 Å². The molecule has 8 rings (SSSR count). The number of carbonyl (C=O) groups is 1. The molecule has 2 aromatic heterocycles. The first-order valence-electron chi connectivity index (χ1n) is 16.0. The standard InChI is InChI=1S/C36H34ClN5O5/c1-3-22-10-7-11-23-14-25(47-20-44-2)15-26(31(22)23)27-16-28-32-33(40-35(37)39-28)41-17-24-12-13-29(30(41)19-45-34(32)38-27)42(24)36(43)46-18-21-8-5-4-6-9-21/h4-11,14-16,24,29-30H,3,12-13,17-20H2,1-2H3/t24-,29+,30-/m1/s1. The van der Waals surface area contributed by atoms with Gasteiger partial charge in [-0.05, 0) is 71.0 Å². The number of rotatable bonds is 7. The van der Waals surface area contributed by atoms with Crippen LogP contribution in [-0.4, -0.2) is 71.1 Å². The van der Waals surface area contributed by atoms with Gasteiger partial charge in [0.05, 0.1) is 29.3 Å². The number of piperazine rings is 1. The van der Waals surface area contributed by atoms with Crippen molar-refractivity contribution in [3.8, 4) is 22.9 Å². The van der Waals surface area contributed by atoms with E-state index in [4.69, 9.17) is 40.5 Å². The highest BCUT2D eigenvalue weighted by Gasteiger charge is 2.51. The lowest BCUT2D eigenvalue weighted by Crippen LogP contribution is -2.63. The number of anilines is 1. The third kappa shape index (κ3) is 5.25. The second-order valence-electron chi connectivity index (χ2n) is 12.2. The molecule has 0 radical (unpaired) electrons. The fourth-order valence-corrected chi connectivity index (χ4v) is 7.61. The Morgan fingerprint density at radius 1 is 1.00 bits per heavy atom. The summed E-state index contributed by atoms with van der Waals surface area (Å²) in [5, 5.41) is 2.99. The molecule has 0 unspecified atom stereocenters. The van der Waals surface area contributed by atoms with Crippen molar-refractivity contribution in [3.05, 3.63) is 83.1 Å². The zero-order chi connectivity index (χ0) is 32.1. The number of carbonyl (C=O) groups excluding carboxylic acids is 1. The van der Waals surface area contributed by atoms with Crippen LogP contribution >= 0.6 is 11.6 Å². The number of hydrogen-bond donors (Lipinski definition) is 0. The molecule has 2 saturated heterocycles. The lowest BCUT2D eigenvalue weighted by Gasteiger charge is -2.45. The van der Waals surface area contributed by atoms with Crippen LogP contribution in [0.1, 0.15) is 30.9 Å². The number of aryl methyl sites for hydroxylation is 1. The number of benzene rings is 3. The van der Waals surface area contributed by atoms with E-state index in [9.17, 15) is 4.79 Å². The minimum Gasteiger partial charge on any atom is -0.475 e. The van der Waals surface area contributed by atoms with E-state index in [-0.39, 0.29) is 42.9 Å². The van der Waals surface area contributed by atoms with Crippen molar-refractivity contribution in [1.82, 2.24) is 19.9 Å². The number of fused-ring (bicyclic) bond motifs is 6. The molecule has 0 saturated carbocycles. The van der Waals surface area contributed by atoms with E-state index in [1.54, 1.807) is 7.11 Å². The number of pyridine rings is 1. The number of halogens is 1. The Labute approximate surface area is 277 Å². The van der Waals surface area contributed by atoms with Crippen LogP contribution in [0.5, 0.6) is 11.6 Å². The molecule has 5 heterocycles. The first kappa shape index (κ1) is 29.7.